The molecule has 0 amide bonds. The second-order valence-electron chi connectivity index (χ2n) is 4.23. The molecule has 0 saturated carbocycles. The molecule has 2 heterocycles. The van der Waals surface area contributed by atoms with E-state index < -0.39 is 0 Å². The van der Waals surface area contributed by atoms with Crippen molar-refractivity contribution >= 4 is 21.8 Å². The van der Waals surface area contributed by atoms with Crippen LogP contribution in [0.2, 0.25) is 0 Å². The summed E-state index contributed by atoms with van der Waals surface area (Å²) >= 11 is 3.31. The first-order valence-electron chi connectivity index (χ1n) is 5.81. The van der Waals surface area contributed by atoms with Crippen molar-refractivity contribution in [1.82, 2.24) is 9.55 Å². The lowest BCUT2D eigenvalue weighted by molar-refractivity contribution is 0.318. The molecular formula is C13H13BrN4O2. The third kappa shape index (κ3) is 2.88. The molecule has 3 N–H and O–H groups in total. The van der Waals surface area contributed by atoms with Gasteiger partial charge in [-0.1, -0.05) is 5.16 Å². The average Bonchev–Trinajstić information content (AvgIpc) is 2.45. The zero-order valence-corrected chi connectivity index (χ0v) is 12.3. The van der Waals surface area contributed by atoms with Gasteiger partial charge in [0, 0.05) is 16.4 Å². The highest BCUT2D eigenvalue weighted by Crippen LogP contribution is 2.09. The summed E-state index contributed by atoms with van der Waals surface area (Å²) in [6.07, 6.45) is 1.67. The molecule has 0 aromatic carbocycles. The highest BCUT2D eigenvalue weighted by molar-refractivity contribution is 9.10. The fraction of sp³-hybridized carbons (Fsp3) is 0.154. The molecule has 0 fully saturated rings. The number of hydrogen-bond acceptors (Lipinski definition) is 4. The molecule has 0 bridgehead atoms. The number of rotatable bonds is 3. The summed E-state index contributed by atoms with van der Waals surface area (Å²) in [5.41, 5.74) is 6.86. The normalized spacial score (nSPS) is 11.6. The van der Waals surface area contributed by atoms with Crippen molar-refractivity contribution in [1.29, 1.82) is 0 Å². The third-order valence-corrected chi connectivity index (χ3v) is 3.35. The fourth-order valence-corrected chi connectivity index (χ4v) is 2.01. The molecule has 0 spiro atoms. The minimum atomic E-state index is -0.315. The fourth-order valence-electron chi connectivity index (χ4n) is 1.78. The van der Waals surface area contributed by atoms with Gasteiger partial charge in [-0.3, -0.25) is 9.78 Å². The second kappa shape index (κ2) is 5.87. The standard InChI is InChI=1S/C13H13BrN4O2/c1-8-2-5-11(12(15)17-20)13(19)18(8)7-10-4-3-9(14)6-16-10/h2-6,20H,7H2,1H3,(H2,15,17). The van der Waals surface area contributed by atoms with E-state index in [1.165, 1.54) is 10.6 Å². The van der Waals surface area contributed by atoms with Crippen LogP contribution in [-0.2, 0) is 6.54 Å². The Morgan fingerprint density at radius 3 is 2.80 bits per heavy atom. The number of nitrogens with two attached hydrogens (primary N) is 1. The van der Waals surface area contributed by atoms with Crippen LogP contribution < -0.4 is 11.3 Å². The topological polar surface area (TPSA) is 93.5 Å². The van der Waals surface area contributed by atoms with Crippen LogP contribution >= 0.6 is 15.9 Å². The molecule has 0 aliphatic carbocycles. The quantitative estimate of drug-likeness (QED) is 0.384. The van der Waals surface area contributed by atoms with Gasteiger partial charge in [-0.15, -0.1) is 0 Å². The van der Waals surface area contributed by atoms with Gasteiger partial charge in [-0.25, -0.2) is 0 Å². The van der Waals surface area contributed by atoms with Crippen molar-refractivity contribution in [3.8, 4) is 0 Å². The van der Waals surface area contributed by atoms with E-state index in [0.717, 1.165) is 15.9 Å². The van der Waals surface area contributed by atoms with Crippen LogP contribution in [-0.4, -0.2) is 20.6 Å². The molecule has 104 valence electrons. The minimum absolute atomic E-state index is 0.162. The smallest absolute Gasteiger partial charge is 0.262 e. The SMILES string of the molecule is Cc1ccc(/C(N)=N/O)c(=O)n1Cc1ccc(Br)cn1. The van der Waals surface area contributed by atoms with Crippen molar-refractivity contribution in [2.24, 2.45) is 10.9 Å². The maximum absolute atomic E-state index is 12.3. The summed E-state index contributed by atoms with van der Waals surface area (Å²) < 4.78 is 2.40. The Bertz CT molecular complexity index is 707. The van der Waals surface area contributed by atoms with Gasteiger partial charge in [0.1, 0.15) is 0 Å². The Balaban J connectivity index is 2.46. The van der Waals surface area contributed by atoms with Crippen molar-refractivity contribution in [2.45, 2.75) is 13.5 Å². The summed E-state index contributed by atoms with van der Waals surface area (Å²) in [7, 11) is 0. The molecule has 0 unspecified atom stereocenters. The van der Waals surface area contributed by atoms with Crippen molar-refractivity contribution < 1.29 is 5.21 Å². The van der Waals surface area contributed by atoms with Gasteiger partial charge < -0.3 is 15.5 Å². The van der Waals surface area contributed by atoms with Crippen LogP contribution in [0.25, 0.3) is 0 Å². The van der Waals surface area contributed by atoms with Gasteiger partial charge in [-0.2, -0.15) is 0 Å². The first kappa shape index (κ1) is 14.3. The Kier molecular flexibility index (Phi) is 4.19. The predicted molar refractivity (Wildman–Crippen MR) is 79.0 cm³/mol. The summed E-state index contributed by atoms with van der Waals surface area (Å²) in [5.74, 6) is -0.201. The summed E-state index contributed by atoms with van der Waals surface area (Å²) in [6, 6.07) is 6.97. The Labute approximate surface area is 123 Å². The maximum Gasteiger partial charge on any atom is 0.262 e. The first-order valence-corrected chi connectivity index (χ1v) is 6.61. The van der Waals surface area contributed by atoms with Gasteiger partial charge in [0.2, 0.25) is 0 Å². The van der Waals surface area contributed by atoms with Crippen LogP contribution in [0.1, 0.15) is 17.0 Å². The van der Waals surface area contributed by atoms with E-state index in [1.807, 2.05) is 19.1 Å². The molecule has 7 heteroatoms. The number of aryl methyl sites for hydroxylation is 1. The lowest BCUT2D eigenvalue weighted by Gasteiger charge is -2.11. The van der Waals surface area contributed by atoms with Crippen molar-refractivity contribution in [3.05, 3.63) is 62.2 Å². The van der Waals surface area contributed by atoms with E-state index in [4.69, 9.17) is 10.9 Å². The van der Waals surface area contributed by atoms with Crippen molar-refractivity contribution in [3.63, 3.8) is 0 Å². The maximum atomic E-state index is 12.3. The van der Waals surface area contributed by atoms with Crippen LogP contribution in [0.5, 0.6) is 0 Å². The number of oxime groups is 1. The van der Waals surface area contributed by atoms with Gasteiger partial charge in [0.05, 0.1) is 17.8 Å². The molecule has 2 aromatic heterocycles. The molecule has 2 rings (SSSR count). The predicted octanol–water partition coefficient (Wildman–Crippen LogP) is 1.46. The number of nitrogens with zero attached hydrogens (tertiary/aromatic N) is 3. The second-order valence-corrected chi connectivity index (χ2v) is 5.15. The highest BCUT2D eigenvalue weighted by atomic mass is 79.9. The number of pyridine rings is 2. The molecule has 2 aromatic rings. The molecular weight excluding hydrogens is 324 g/mol. The number of amidine groups is 1. The van der Waals surface area contributed by atoms with E-state index in [-0.39, 0.29) is 17.0 Å². The molecule has 6 nitrogen and oxygen atoms in total. The molecule has 0 saturated heterocycles. The summed E-state index contributed by atoms with van der Waals surface area (Å²) in [6.45, 7) is 2.14. The molecule has 20 heavy (non-hydrogen) atoms. The molecule has 0 radical (unpaired) electrons. The largest absolute Gasteiger partial charge is 0.409 e. The van der Waals surface area contributed by atoms with E-state index in [0.29, 0.717) is 6.54 Å². The summed E-state index contributed by atoms with van der Waals surface area (Å²) in [5, 5.41) is 11.6. The first-order chi connectivity index (χ1) is 9.52. The number of aromatic nitrogens is 2. The van der Waals surface area contributed by atoms with Crippen LogP contribution in [0.15, 0.2) is 44.9 Å². The summed E-state index contributed by atoms with van der Waals surface area (Å²) in [4.78, 5) is 16.5. The van der Waals surface area contributed by atoms with Gasteiger partial charge in [0.25, 0.3) is 5.56 Å². The van der Waals surface area contributed by atoms with Gasteiger partial charge in [-0.05, 0) is 47.1 Å². The van der Waals surface area contributed by atoms with Crippen LogP contribution in [0.3, 0.4) is 0 Å². The van der Waals surface area contributed by atoms with Gasteiger partial charge >= 0.3 is 0 Å². The van der Waals surface area contributed by atoms with E-state index in [1.54, 1.807) is 12.3 Å². The molecule has 0 aliphatic rings. The zero-order valence-electron chi connectivity index (χ0n) is 10.7. The average molecular weight is 337 g/mol. The zero-order chi connectivity index (χ0) is 14.7. The van der Waals surface area contributed by atoms with Crippen LogP contribution in [0.4, 0.5) is 0 Å². The van der Waals surface area contributed by atoms with E-state index >= 15 is 0 Å². The minimum Gasteiger partial charge on any atom is -0.409 e. The lowest BCUT2D eigenvalue weighted by Crippen LogP contribution is -2.31. The van der Waals surface area contributed by atoms with E-state index in [2.05, 4.69) is 26.1 Å². The number of hydrogen-bond donors (Lipinski definition) is 2. The molecule has 0 atom stereocenters. The highest BCUT2D eigenvalue weighted by Gasteiger charge is 2.10. The van der Waals surface area contributed by atoms with E-state index in [9.17, 15) is 4.79 Å². The van der Waals surface area contributed by atoms with Gasteiger partial charge in [0.15, 0.2) is 5.84 Å². The Hall–Kier alpha value is -2.15. The lowest BCUT2D eigenvalue weighted by atomic mass is 10.2. The molecule has 0 aliphatic heterocycles. The van der Waals surface area contributed by atoms with Crippen LogP contribution in [0, 0.1) is 6.92 Å². The van der Waals surface area contributed by atoms with Crippen molar-refractivity contribution in [2.75, 3.05) is 0 Å². The monoisotopic (exact) mass is 336 g/mol. The Morgan fingerprint density at radius 2 is 2.20 bits per heavy atom. The number of halogens is 1. The Morgan fingerprint density at radius 1 is 1.45 bits per heavy atom. The third-order valence-electron chi connectivity index (χ3n) is 2.88.